The number of rotatable bonds is 4. The molecule has 3 aromatic rings. The van der Waals surface area contributed by atoms with Gasteiger partial charge in [0.15, 0.2) is 0 Å². The Balaban J connectivity index is 1.51. The topological polar surface area (TPSA) is 69.0 Å². The summed E-state index contributed by atoms with van der Waals surface area (Å²) in [5, 5.41) is 6.83. The van der Waals surface area contributed by atoms with Gasteiger partial charge in [-0.1, -0.05) is 6.07 Å². The number of carbonyl (C=O) groups excluding carboxylic acids is 1. The average Bonchev–Trinajstić information content (AvgIpc) is 3.25. The highest BCUT2D eigenvalue weighted by Crippen LogP contribution is 2.39. The molecule has 0 fully saturated rings. The zero-order valence-electron chi connectivity index (χ0n) is 14.1. The van der Waals surface area contributed by atoms with E-state index in [4.69, 9.17) is 4.74 Å². The van der Waals surface area contributed by atoms with E-state index in [-0.39, 0.29) is 17.8 Å². The standard InChI is InChI=1S/C19H17FN4O2/c1-24-17(4-6-23-24)19(25)22-11-15-8-13-7-14(20)9-16(18(13)26-15)12-3-2-5-21-10-12/h2-7,9-10,15H,8,11H2,1H3,(H,22,25)/t15-/m1/s1. The summed E-state index contributed by atoms with van der Waals surface area (Å²) in [6.45, 7) is 0.326. The van der Waals surface area contributed by atoms with Crippen LogP contribution < -0.4 is 10.1 Å². The van der Waals surface area contributed by atoms with Gasteiger partial charge < -0.3 is 10.1 Å². The first-order valence-corrected chi connectivity index (χ1v) is 8.27. The van der Waals surface area contributed by atoms with E-state index in [0.717, 1.165) is 11.1 Å². The quantitative estimate of drug-likeness (QED) is 0.783. The lowest BCUT2D eigenvalue weighted by Gasteiger charge is -2.13. The summed E-state index contributed by atoms with van der Waals surface area (Å²) in [5.74, 6) is 0.119. The van der Waals surface area contributed by atoms with Gasteiger partial charge in [0.25, 0.3) is 5.91 Å². The highest BCUT2D eigenvalue weighted by molar-refractivity contribution is 5.92. The fourth-order valence-electron chi connectivity index (χ4n) is 3.14. The highest BCUT2D eigenvalue weighted by Gasteiger charge is 2.27. The van der Waals surface area contributed by atoms with E-state index in [0.29, 0.717) is 30.0 Å². The Labute approximate surface area is 149 Å². The molecule has 2 aromatic heterocycles. The van der Waals surface area contributed by atoms with Gasteiger partial charge in [-0.3, -0.25) is 14.5 Å². The number of amides is 1. The summed E-state index contributed by atoms with van der Waals surface area (Å²) in [7, 11) is 1.71. The van der Waals surface area contributed by atoms with Gasteiger partial charge in [0.2, 0.25) is 0 Å². The van der Waals surface area contributed by atoms with Crippen molar-refractivity contribution in [2.24, 2.45) is 7.05 Å². The summed E-state index contributed by atoms with van der Waals surface area (Å²) >= 11 is 0. The molecule has 0 saturated carbocycles. The lowest BCUT2D eigenvalue weighted by atomic mass is 10.0. The van der Waals surface area contributed by atoms with Crippen molar-refractivity contribution in [2.75, 3.05) is 6.54 Å². The minimum absolute atomic E-state index is 0.219. The van der Waals surface area contributed by atoms with Crippen molar-refractivity contribution >= 4 is 5.91 Å². The first-order chi connectivity index (χ1) is 12.6. The number of carbonyl (C=O) groups is 1. The summed E-state index contributed by atoms with van der Waals surface area (Å²) in [4.78, 5) is 16.3. The van der Waals surface area contributed by atoms with Crippen molar-refractivity contribution in [3.05, 3.63) is 66.0 Å². The van der Waals surface area contributed by atoms with Crippen LogP contribution in [0.25, 0.3) is 11.1 Å². The monoisotopic (exact) mass is 352 g/mol. The summed E-state index contributed by atoms with van der Waals surface area (Å²) in [6.07, 6.45) is 5.20. The lowest BCUT2D eigenvalue weighted by Crippen LogP contribution is -2.35. The van der Waals surface area contributed by atoms with Crippen LogP contribution >= 0.6 is 0 Å². The van der Waals surface area contributed by atoms with Crippen molar-refractivity contribution in [1.29, 1.82) is 0 Å². The van der Waals surface area contributed by atoms with Gasteiger partial charge in [-0.25, -0.2) is 4.39 Å². The van der Waals surface area contributed by atoms with Crippen LogP contribution in [0, 0.1) is 5.82 Å². The first-order valence-electron chi connectivity index (χ1n) is 8.27. The third-order valence-corrected chi connectivity index (χ3v) is 4.38. The second-order valence-corrected chi connectivity index (χ2v) is 6.18. The average molecular weight is 352 g/mol. The number of aryl methyl sites for hydroxylation is 1. The molecule has 1 N–H and O–H groups in total. The van der Waals surface area contributed by atoms with Crippen molar-refractivity contribution < 1.29 is 13.9 Å². The van der Waals surface area contributed by atoms with E-state index in [1.165, 1.54) is 16.8 Å². The molecule has 1 aromatic carbocycles. The van der Waals surface area contributed by atoms with E-state index in [9.17, 15) is 9.18 Å². The van der Waals surface area contributed by atoms with Gasteiger partial charge in [0.05, 0.1) is 6.54 Å². The fraction of sp³-hybridized carbons (Fsp3) is 0.211. The van der Waals surface area contributed by atoms with Crippen LogP contribution in [-0.2, 0) is 13.5 Å². The number of hydrogen-bond donors (Lipinski definition) is 1. The number of hydrogen-bond acceptors (Lipinski definition) is 4. The zero-order valence-corrected chi connectivity index (χ0v) is 14.1. The third kappa shape index (κ3) is 3.03. The molecule has 1 aliphatic heterocycles. The number of fused-ring (bicyclic) bond motifs is 1. The molecule has 7 heteroatoms. The molecule has 0 saturated heterocycles. The van der Waals surface area contributed by atoms with E-state index < -0.39 is 0 Å². The van der Waals surface area contributed by atoms with Crippen molar-refractivity contribution in [2.45, 2.75) is 12.5 Å². The molecule has 0 bridgehead atoms. The Morgan fingerprint density at radius 1 is 1.38 bits per heavy atom. The van der Waals surface area contributed by atoms with E-state index in [2.05, 4.69) is 15.4 Å². The second kappa shape index (κ2) is 6.59. The van der Waals surface area contributed by atoms with E-state index in [1.807, 2.05) is 6.07 Å². The third-order valence-electron chi connectivity index (χ3n) is 4.38. The minimum Gasteiger partial charge on any atom is -0.487 e. The van der Waals surface area contributed by atoms with Crippen LogP contribution in [0.3, 0.4) is 0 Å². The molecule has 1 aliphatic rings. The number of aromatic nitrogens is 3. The largest absolute Gasteiger partial charge is 0.487 e. The van der Waals surface area contributed by atoms with E-state index in [1.54, 1.807) is 37.8 Å². The maximum Gasteiger partial charge on any atom is 0.269 e. The van der Waals surface area contributed by atoms with Crippen LogP contribution in [0.15, 0.2) is 48.9 Å². The van der Waals surface area contributed by atoms with Gasteiger partial charge in [0.1, 0.15) is 23.4 Å². The Morgan fingerprint density at radius 3 is 3.00 bits per heavy atom. The maximum atomic E-state index is 14.0. The van der Waals surface area contributed by atoms with Crippen LogP contribution in [0.4, 0.5) is 4.39 Å². The smallest absolute Gasteiger partial charge is 0.269 e. The molecular formula is C19H17FN4O2. The Hall–Kier alpha value is -3.22. The first kappa shape index (κ1) is 16.3. The predicted octanol–water partition coefficient (Wildman–Crippen LogP) is 2.35. The molecule has 0 aliphatic carbocycles. The molecule has 4 rings (SSSR count). The number of pyridine rings is 1. The van der Waals surface area contributed by atoms with Gasteiger partial charge >= 0.3 is 0 Å². The highest BCUT2D eigenvalue weighted by atomic mass is 19.1. The van der Waals surface area contributed by atoms with Gasteiger partial charge in [-0.15, -0.1) is 0 Å². The summed E-state index contributed by atoms with van der Waals surface area (Å²) in [6, 6.07) is 8.25. The maximum absolute atomic E-state index is 14.0. The number of halogens is 1. The number of nitrogens with one attached hydrogen (secondary N) is 1. The molecule has 0 radical (unpaired) electrons. The molecule has 1 atom stereocenters. The molecule has 0 unspecified atom stereocenters. The Kier molecular flexibility index (Phi) is 4.12. The SMILES string of the molecule is Cn1nccc1C(=O)NC[C@H]1Cc2cc(F)cc(-c3cccnc3)c2O1. The van der Waals surface area contributed by atoms with Crippen LogP contribution in [-0.4, -0.2) is 33.3 Å². The number of benzene rings is 1. The molecule has 3 heterocycles. The molecule has 0 spiro atoms. The van der Waals surface area contributed by atoms with Crippen LogP contribution in [0.5, 0.6) is 5.75 Å². The molecule has 6 nitrogen and oxygen atoms in total. The minimum atomic E-state index is -0.314. The molecule has 1 amide bonds. The molecular weight excluding hydrogens is 335 g/mol. The predicted molar refractivity (Wildman–Crippen MR) is 93.3 cm³/mol. The van der Waals surface area contributed by atoms with Crippen LogP contribution in [0.1, 0.15) is 16.1 Å². The zero-order chi connectivity index (χ0) is 18.1. The Bertz CT molecular complexity index is 955. The number of nitrogens with zero attached hydrogens (tertiary/aromatic N) is 3. The van der Waals surface area contributed by atoms with Gasteiger partial charge in [-0.2, -0.15) is 5.10 Å². The molecule has 26 heavy (non-hydrogen) atoms. The molecule has 132 valence electrons. The summed E-state index contributed by atoms with van der Waals surface area (Å²) < 4.78 is 21.5. The second-order valence-electron chi connectivity index (χ2n) is 6.18. The normalized spacial score (nSPS) is 15.4. The van der Waals surface area contributed by atoms with Crippen molar-refractivity contribution in [3.63, 3.8) is 0 Å². The summed E-state index contributed by atoms with van der Waals surface area (Å²) in [5.41, 5.74) is 2.74. The van der Waals surface area contributed by atoms with Crippen molar-refractivity contribution in [1.82, 2.24) is 20.1 Å². The fourth-order valence-corrected chi connectivity index (χ4v) is 3.14. The van der Waals surface area contributed by atoms with Gasteiger partial charge in [0, 0.05) is 48.7 Å². The van der Waals surface area contributed by atoms with E-state index >= 15 is 0 Å². The Morgan fingerprint density at radius 2 is 2.27 bits per heavy atom. The van der Waals surface area contributed by atoms with Gasteiger partial charge in [-0.05, 0) is 24.3 Å². The van der Waals surface area contributed by atoms with Crippen molar-refractivity contribution in [3.8, 4) is 16.9 Å². The lowest BCUT2D eigenvalue weighted by molar-refractivity contribution is 0.0924. The van der Waals surface area contributed by atoms with Crippen LogP contribution in [0.2, 0.25) is 0 Å². The number of ether oxygens (including phenoxy) is 1.